The Kier molecular flexibility index (Phi) is 5.33. The highest BCUT2D eigenvalue weighted by molar-refractivity contribution is 9.09. The van der Waals surface area contributed by atoms with Gasteiger partial charge in [0.25, 0.3) is 0 Å². The summed E-state index contributed by atoms with van der Waals surface area (Å²) in [7, 11) is 0. The van der Waals surface area contributed by atoms with Crippen LogP contribution in [-0.2, 0) is 4.74 Å². The Morgan fingerprint density at radius 2 is 2.38 bits per heavy atom. The molecule has 1 heterocycles. The van der Waals surface area contributed by atoms with Crippen LogP contribution in [0, 0.1) is 0 Å². The molecule has 0 saturated heterocycles. The van der Waals surface area contributed by atoms with Gasteiger partial charge in [-0.1, -0.05) is 15.9 Å². The van der Waals surface area contributed by atoms with E-state index in [1.54, 1.807) is 6.92 Å². The number of esters is 1. The molecule has 90 valence electrons. The minimum Gasteiger partial charge on any atom is -0.461 e. The summed E-state index contributed by atoms with van der Waals surface area (Å²) in [4.78, 5) is 15.6. The van der Waals surface area contributed by atoms with E-state index >= 15 is 0 Å². The van der Waals surface area contributed by atoms with E-state index in [4.69, 9.17) is 4.74 Å². The molecular formula is C9H12BrNO4S. The Morgan fingerprint density at radius 1 is 1.69 bits per heavy atom. The van der Waals surface area contributed by atoms with Crippen molar-refractivity contribution in [2.45, 2.75) is 19.1 Å². The van der Waals surface area contributed by atoms with Gasteiger partial charge in [0, 0.05) is 5.33 Å². The third kappa shape index (κ3) is 3.00. The van der Waals surface area contributed by atoms with Gasteiger partial charge in [-0.25, -0.2) is 9.78 Å². The molecule has 0 spiro atoms. The van der Waals surface area contributed by atoms with Crippen molar-refractivity contribution in [3.63, 3.8) is 0 Å². The van der Waals surface area contributed by atoms with Gasteiger partial charge in [0.15, 0.2) is 5.69 Å². The molecule has 0 radical (unpaired) electrons. The number of aliphatic hydroxyl groups is 2. The monoisotopic (exact) mass is 309 g/mol. The number of hydrogen-bond donors (Lipinski definition) is 2. The van der Waals surface area contributed by atoms with Gasteiger partial charge in [0.05, 0.1) is 23.1 Å². The molecule has 1 aromatic rings. The second-order valence-corrected chi connectivity index (χ2v) is 4.49. The molecule has 2 N–H and O–H groups in total. The van der Waals surface area contributed by atoms with E-state index in [-0.39, 0.29) is 17.6 Å². The van der Waals surface area contributed by atoms with Gasteiger partial charge >= 0.3 is 5.97 Å². The normalized spacial score (nSPS) is 14.5. The van der Waals surface area contributed by atoms with Gasteiger partial charge in [0.1, 0.15) is 6.10 Å². The fourth-order valence-electron chi connectivity index (χ4n) is 1.08. The molecule has 1 rings (SSSR count). The zero-order valence-electron chi connectivity index (χ0n) is 8.59. The molecule has 5 nitrogen and oxygen atoms in total. The zero-order valence-corrected chi connectivity index (χ0v) is 11.0. The Bertz CT molecular complexity index is 357. The molecule has 0 fully saturated rings. The third-order valence-corrected chi connectivity index (χ3v) is 3.42. The number of hydrogen-bond acceptors (Lipinski definition) is 6. The molecular weight excluding hydrogens is 298 g/mol. The second kappa shape index (κ2) is 6.29. The highest BCUT2D eigenvalue weighted by atomic mass is 79.9. The van der Waals surface area contributed by atoms with Crippen LogP contribution >= 0.6 is 27.3 Å². The minimum absolute atomic E-state index is 0.0688. The van der Waals surface area contributed by atoms with Crippen LogP contribution < -0.4 is 0 Å². The lowest BCUT2D eigenvalue weighted by Crippen LogP contribution is -2.21. The Hall–Kier alpha value is -0.500. The molecule has 0 amide bonds. The maximum Gasteiger partial charge on any atom is 0.358 e. The number of carbonyl (C=O) groups excluding carboxylic acids is 1. The summed E-state index contributed by atoms with van der Waals surface area (Å²) in [5.41, 5.74) is 1.51. The first-order chi connectivity index (χ1) is 7.61. The fraction of sp³-hybridized carbons (Fsp3) is 0.556. The number of halogens is 1. The first kappa shape index (κ1) is 13.6. The van der Waals surface area contributed by atoms with Gasteiger partial charge < -0.3 is 14.9 Å². The summed E-state index contributed by atoms with van der Waals surface area (Å²) in [6, 6.07) is 0. The van der Waals surface area contributed by atoms with Gasteiger partial charge in [-0.3, -0.25) is 0 Å². The van der Waals surface area contributed by atoms with E-state index in [0.717, 1.165) is 11.3 Å². The van der Waals surface area contributed by atoms with Crippen LogP contribution in [0.4, 0.5) is 0 Å². The predicted octanol–water partition coefficient (Wildman–Crippen LogP) is 1.11. The van der Waals surface area contributed by atoms with E-state index in [1.165, 1.54) is 5.51 Å². The average molecular weight is 310 g/mol. The van der Waals surface area contributed by atoms with Crippen LogP contribution in [0.5, 0.6) is 0 Å². The van der Waals surface area contributed by atoms with Crippen LogP contribution in [0.1, 0.15) is 28.4 Å². The van der Waals surface area contributed by atoms with E-state index in [9.17, 15) is 15.0 Å². The lowest BCUT2D eigenvalue weighted by molar-refractivity contribution is 0.0333. The highest BCUT2D eigenvalue weighted by Crippen LogP contribution is 2.26. The van der Waals surface area contributed by atoms with Crippen molar-refractivity contribution in [2.75, 3.05) is 11.9 Å². The van der Waals surface area contributed by atoms with Crippen LogP contribution in [0.3, 0.4) is 0 Å². The number of ether oxygens (including phenoxy) is 1. The summed E-state index contributed by atoms with van der Waals surface area (Å²) in [6.07, 6.45) is -2.11. The lowest BCUT2D eigenvalue weighted by Gasteiger charge is -2.14. The summed E-state index contributed by atoms with van der Waals surface area (Å²) in [5, 5.41) is 19.4. The number of nitrogens with zero attached hydrogens (tertiary/aromatic N) is 1. The van der Waals surface area contributed by atoms with Crippen LogP contribution in [0.2, 0.25) is 0 Å². The number of aromatic nitrogens is 1. The lowest BCUT2D eigenvalue weighted by atomic mass is 10.1. The summed E-state index contributed by atoms with van der Waals surface area (Å²) in [6.45, 7) is 1.93. The van der Waals surface area contributed by atoms with Crippen molar-refractivity contribution in [2.24, 2.45) is 0 Å². The van der Waals surface area contributed by atoms with Crippen molar-refractivity contribution in [3.05, 3.63) is 16.1 Å². The second-order valence-electron chi connectivity index (χ2n) is 2.95. The highest BCUT2D eigenvalue weighted by Gasteiger charge is 2.26. The van der Waals surface area contributed by atoms with Crippen molar-refractivity contribution in [3.8, 4) is 0 Å². The van der Waals surface area contributed by atoms with E-state index in [1.807, 2.05) is 0 Å². The minimum atomic E-state index is -1.13. The molecule has 0 saturated carbocycles. The van der Waals surface area contributed by atoms with Crippen molar-refractivity contribution < 1.29 is 19.7 Å². The SMILES string of the molecule is CCOC(=O)c1ncsc1C(O)C(O)CBr. The number of rotatable bonds is 5. The molecule has 0 bridgehead atoms. The molecule has 2 atom stereocenters. The predicted molar refractivity (Wildman–Crippen MR) is 62.8 cm³/mol. The van der Waals surface area contributed by atoms with Gasteiger partial charge in [-0.15, -0.1) is 11.3 Å². The van der Waals surface area contributed by atoms with E-state index in [2.05, 4.69) is 20.9 Å². The van der Waals surface area contributed by atoms with Crippen LogP contribution in [0.15, 0.2) is 5.51 Å². The average Bonchev–Trinajstić information content (AvgIpc) is 2.76. The topological polar surface area (TPSA) is 79.7 Å². The molecule has 0 aliphatic heterocycles. The largest absolute Gasteiger partial charge is 0.461 e. The maximum absolute atomic E-state index is 11.5. The molecule has 0 aliphatic rings. The van der Waals surface area contributed by atoms with E-state index in [0.29, 0.717) is 4.88 Å². The Morgan fingerprint density at radius 3 is 2.94 bits per heavy atom. The molecule has 0 aromatic carbocycles. The number of carbonyl (C=O) groups is 1. The van der Waals surface area contributed by atoms with Crippen LogP contribution in [0.25, 0.3) is 0 Å². The smallest absolute Gasteiger partial charge is 0.358 e. The molecule has 0 aliphatic carbocycles. The Balaban J connectivity index is 2.89. The summed E-state index contributed by atoms with van der Waals surface area (Å²) >= 11 is 4.16. The summed E-state index contributed by atoms with van der Waals surface area (Å²) in [5.74, 6) is -0.584. The van der Waals surface area contributed by atoms with Crippen molar-refractivity contribution in [1.82, 2.24) is 4.98 Å². The van der Waals surface area contributed by atoms with E-state index < -0.39 is 18.2 Å². The Labute approximate surface area is 105 Å². The van der Waals surface area contributed by atoms with Crippen LogP contribution in [-0.4, -0.2) is 39.2 Å². The molecule has 16 heavy (non-hydrogen) atoms. The first-order valence-corrected chi connectivity index (χ1v) is 6.64. The van der Waals surface area contributed by atoms with Crippen molar-refractivity contribution in [1.29, 1.82) is 0 Å². The zero-order chi connectivity index (χ0) is 12.1. The number of thiazole rings is 1. The third-order valence-electron chi connectivity index (χ3n) is 1.85. The maximum atomic E-state index is 11.5. The first-order valence-electron chi connectivity index (χ1n) is 4.64. The molecule has 1 aromatic heterocycles. The summed E-state index contributed by atoms with van der Waals surface area (Å²) < 4.78 is 4.79. The number of alkyl halides is 1. The van der Waals surface area contributed by atoms with Gasteiger partial charge in [-0.05, 0) is 6.92 Å². The van der Waals surface area contributed by atoms with Gasteiger partial charge in [0.2, 0.25) is 0 Å². The quantitative estimate of drug-likeness (QED) is 0.629. The van der Waals surface area contributed by atoms with Crippen molar-refractivity contribution >= 4 is 33.2 Å². The fourth-order valence-corrected chi connectivity index (χ4v) is 2.25. The molecule has 2 unspecified atom stereocenters. The molecule has 7 heteroatoms. The number of aliphatic hydroxyl groups excluding tert-OH is 2. The standard InChI is InChI=1S/C9H12BrNO4S/c1-2-15-9(14)6-8(16-4-11-6)7(13)5(12)3-10/h4-5,7,12-13H,2-3H2,1H3. The van der Waals surface area contributed by atoms with Gasteiger partial charge in [-0.2, -0.15) is 0 Å².